The average Bonchev–Trinajstić information content (AvgIpc) is 2.58. The smallest absolute Gasteiger partial charge is 0.317 e. The Balaban J connectivity index is 1.75. The first-order valence-electron chi connectivity index (χ1n) is 7.64. The minimum atomic E-state index is -0.0980. The summed E-state index contributed by atoms with van der Waals surface area (Å²) in [5, 5.41) is 3.43. The number of hydrogen-bond acceptors (Lipinski definition) is 2. The number of urea groups is 1. The van der Waals surface area contributed by atoms with Crippen molar-refractivity contribution in [3.05, 3.63) is 65.2 Å². The van der Waals surface area contributed by atoms with Gasteiger partial charge in [0, 0.05) is 13.1 Å². The van der Waals surface area contributed by atoms with Crippen LogP contribution in [0.5, 0.6) is 5.75 Å². The molecule has 0 atom stereocenters. The van der Waals surface area contributed by atoms with Crippen LogP contribution in [0.25, 0.3) is 0 Å². The quantitative estimate of drug-likeness (QED) is 0.780. The van der Waals surface area contributed by atoms with Gasteiger partial charge < -0.3 is 15.0 Å². The van der Waals surface area contributed by atoms with Crippen molar-refractivity contribution in [3.8, 4) is 5.75 Å². The molecule has 0 aliphatic carbocycles. The molecular weight excluding hydrogens is 312 g/mol. The molecule has 2 aromatic rings. The maximum atomic E-state index is 12.2. The first-order chi connectivity index (χ1) is 11.2. The number of nitrogens with one attached hydrogen (secondary N) is 1. The summed E-state index contributed by atoms with van der Waals surface area (Å²) in [6, 6.07) is 17.1. The number of ether oxygens (including phenoxy) is 1. The molecule has 5 heteroatoms. The van der Waals surface area contributed by atoms with Crippen molar-refractivity contribution in [2.45, 2.75) is 13.5 Å². The highest BCUT2D eigenvalue weighted by Gasteiger charge is 2.11. The van der Waals surface area contributed by atoms with Crippen molar-refractivity contribution in [2.75, 3.05) is 19.7 Å². The number of para-hydroxylation sites is 1. The van der Waals surface area contributed by atoms with Crippen LogP contribution in [0.15, 0.2) is 54.6 Å². The third-order valence-electron chi connectivity index (χ3n) is 3.36. The lowest BCUT2D eigenvalue weighted by molar-refractivity contribution is 0.195. The molecule has 0 unspecified atom stereocenters. The summed E-state index contributed by atoms with van der Waals surface area (Å²) in [5.74, 6) is 0.625. The van der Waals surface area contributed by atoms with Crippen LogP contribution in [0.4, 0.5) is 4.79 Å². The van der Waals surface area contributed by atoms with Crippen molar-refractivity contribution in [1.29, 1.82) is 0 Å². The van der Waals surface area contributed by atoms with Crippen molar-refractivity contribution < 1.29 is 9.53 Å². The predicted octanol–water partition coefficient (Wildman–Crippen LogP) is 3.95. The van der Waals surface area contributed by atoms with Crippen LogP contribution in [-0.4, -0.2) is 30.6 Å². The maximum absolute atomic E-state index is 12.2. The monoisotopic (exact) mass is 332 g/mol. The van der Waals surface area contributed by atoms with Crippen LogP contribution in [0.1, 0.15) is 12.5 Å². The predicted molar refractivity (Wildman–Crippen MR) is 92.9 cm³/mol. The normalized spacial score (nSPS) is 10.2. The van der Waals surface area contributed by atoms with E-state index >= 15 is 0 Å². The third-order valence-corrected chi connectivity index (χ3v) is 3.67. The van der Waals surface area contributed by atoms with Crippen LogP contribution in [0.3, 0.4) is 0 Å². The summed E-state index contributed by atoms with van der Waals surface area (Å²) in [4.78, 5) is 13.9. The highest BCUT2D eigenvalue weighted by molar-refractivity contribution is 6.32. The van der Waals surface area contributed by atoms with E-state index in [2.05, 4.69) is 5.32 Å². The van der Waals surface area contributed by atoms with E-state index in [1.54, 1.807) is 17.0 Å². The zero-order chi connectivity index (χ0) is 16.5. The molecule has 1 N–H and O–H groups in total. The van der Waals surface area contributed by atoms with Gasteiger partial charge in [0.15, 0.2) is 0 Å². The molecule has 0 aliphatic heterocycles. The first-order valence-corrected chi connectivity index (χ1v) is 8.02. The zero-order valence-corrected chi connectivity index (χ0v) is 13.9. The number of benzene rings is 2. The number of hydrogen-bond donors (Lipinski definition) is 1. The van der Waals surface area contributed by atoms with Gasteiger partial charge in [-0.25, -0.2) is 4.79 Å². The number of rotatable bonds is 7. The van der Waals surface area contributed by atoms with Crippen LogP contribution >= 0.6 is 11.6 Å². The molecule has 0 aliphatic rings. The summed E-state index contributed by atoms with van der Waals surface area (Å²) in [7, 11) is 0. The molecule has 122 valence electrons. The summed E-state index contributed by atoms with van der Waals surface area (Å²) >= 11 is 6.01. The number of amides is 2. The summed E-state index contributed by atoms with van der Waals surface area (Å²) in [6.45, 7) is 4.00. The lowest BCUT2D eigenvalue weighted by atomic mass is 10.2. The number of carbonyl (C=O) groups is 1. The molecule has 0 radical (unpaired) electrons. The van der Waals surface area contributed by atoms with Gasteiger partial charge in [0.05, 0.1) is 11.6 Å². The van der Waals surface area contributed by atoms with Crippen molar-refractivity contribution in [1.82, 2.24) is 10.2 Å². The SMILES string of the molecule is CCN(Cc1ccccc1)C(=O)NCCOc1ccccc1Cl. The average molecular weight is 333 g/mol. The Kier molecular flexibility index (Phi) is 6.76. The van der Waals surface area contributed by atoms with Gasteiger partial charge in [-0.2, -0.15) is 0 Å². The molecule has 0 saturated carbocycles. The van der Waals surface area contributed by atoms with Crippen molar-refractivity contribution in [3.63, 3.8) is 0 Å². The largest absolute Gasteiger partial charge is 0.490 e. The lowest BCUT2D eigenvalue weighted by Gasteiger charge is -2.21. The molecule has 0 spiro atoms. The van der Waals surface area contributed by atoms with Crippen LogP contribution in [-0.2, 0) is 6.54 Å². The second-order valence-electron chi connectivity index (χ2n) is 5.01. The van der Waals surface area contributed by atoms with Crippen molar-refractivity contribution in [2.24, 2.45) is 0 Å². The molecule has 23 heavy (non-hydrogen) atoms. The molecule has 0 aromatic heterocycles. The van der Waals surface area contributed by atoms with Crippen LogP contribution < -0.4 is 10.1 Å². The van der Waals surface area contributed by atoms with E-state index in [1.807, 2.05) is 49.4 Å². The highest BCUT2D eigenvalue weighted by Crippen LogP contribution is 2.22. The van der Waals surface area contributed by atoms with Crippen LogP contribution in [0.2, 0.25) is 5.02 Å². The van der Waals surface area contributed by atoms with E-state index in [1.165, 1.54) is 0 Å². The van der Waals surface area contributed by atoms with Gasteiger partial charge in [0.25, 0.3) is 0 Å². The Hall–Kier alpha value is -2.20. The van der Waals surface area contributed by atoms with Gasteiger partial charge in [-0.3, -0.25) is 0 Å². The van der Waals surface area contributed by atoms with Gasteiger partial charge in [0.1, 0.15) is 12.4 Å². The van der Waals surface area contributed by atoms with E-state index < -0.39 is 0 Å². The fourth-order valence-corrected chi connectivity index (χ4v) is 2.31. The molecule has 0 bridgehead atoms. The van der Waals surface area contributed by atoms with E-state index in [0.717, 1.165) is 5.56 Å². The molecule has 0 fully saturated rings. The molecule has 0 saturated heterocycles. The minimum absolute atomic E-state index is 0.0980. The first kappa shape index (κ1) is 17.2. The third kappa shape index (κ3) is 5.49. The highest BCUT2D eigenvalue weighted by atomic mass is 35.5. The maximum Gasteiger partial charge on any atom is 0.317 e. The zero-order valence-electron chi connectivity index (χ0n) is 13.2. The van der Waals surface area contributed by atoms with Gasteiger partial charge in [-0.1, -0.05) is 54.1 Å². The molecule has 0 heterocycles. The standard InChI is InChI=1S/C18H21ClN2O2/c1-2-21(14-15-8-4-3-5-9-15)18(22)20-12-13-23-17-11-7-6-10-16(17)19/h3-11H,2,12-14H2,1H3,(H,20,22). The number of carbonyl (C=O) groups excluding carboxylic acids is 1. The topological polar surface area (TPSA) is 41.6 Å². The molecular formula is C18H21ClN2O2. The Morgan fingerprint density at radius 1 is 1.13 bits per heavy atom. The lowest BCUT2D eigenvalue weighted by Crippen LogP contribution is -2.41. The van der Waals surface area contributed by atoms with Crippen LogP contribution in [0, 0.1) is 0 Å². The van der Waals surface area contributed by atoms with Gasteiger partial charge in [-0.05, 0) is 24.6 Å². The summed E-state index contributed by atoms with van der Waals surface area (Å²) in [5.41, 5.74) is 1.11. The van der Waals surface area contributed by atoms with Gasteiger partial charge >= 0.3 is 6.03 Å². The Bertz CT molecular complexity index is 619. The molecule has 2 aromatic carbocycles. The molecule has 4 nitrogen and oxygen atoms in total. The second-order valence-corrected chi connectivity index (χ2v) is 5.42. The van der Waals surface area contributed by atoms with E-state index in [-0.39, 0.29) is 6.03 Å². The minimum Gasteiger partial charge on any atom is -0.490 e. The Morgan fingerprint density at radius 3 is 2.52 bits per heavy atom. The summed E-state index contributed by atoms with van der Waals surface area (Å²) in [6.07, 6.45) is 0. The van der Waals surface area contributed by atoms with E-state index in [0.29, 0.717) is 37.0 Å². The number of halogens is 1. The fraction of sp³-hybridized carbons (Fsp3) is 0.278. The molecule has 2 rings (SSSR count). The second kappa shape index (κ2) is 9.06. The van der Waals surface area contributed by atoms with E-state index in [4.69, 9.17) is 16.3 Å². The van der Waals surface area contributed by atoms with Crippen molar-refractivity contribution >= 4 is 17.6 Å². The van der Waals surface area contributed by atoms with Gasteiger partial charge in [-0.15, -0.1) is 0 Å². The Labute approximate surface area is 142 Å². The van der Waals surface area contributed by atoms with Gasteiger partial charge in [0.2, 0.25) is 0 Å². The number of nitrogens with zero attached hydrogens (tertiary/aromatic N) is 1. The summed E-state index contributed by atoms with van der Waals surface area (Å²) < 4.78 is 5.55. The fourth-order valence-electron chi connectivity index (χ4n) is 2.12. The van der Waals surface area contributed by atoms with E-state index in [9.17, 15) is 4.79 Å². The Morgan fingerprint density at radius 2 is 1.83 bits per heavy atom. The molecule has 2 amide bonds.